The van der Waals surface area contributed by atoms with Gasteiger partial charge in [-0.1, -0.05) is 99.6 Å². The predicted molar refractivity (Wildman–Crippen MR) is 120 cm³/mol. The molecule has 0 radical (unpaired) electrons. The van der Waals surface area contributed by atoms with Crippen molar-refractivity contribution in [2.45, 2.75) is 50.9 Å². The minimum atomic E-state index is -0.179. The number of hydrogen-bond acceptors (Lipinski definition) is 0. The van der Waals surface area contributed by atoms with Crippen LogP contribution in [0.3, 0.4) is 0 Å². The molecular formula is C28H30. The van der Waals surface area contributed by atoms with Crippen molar-refractivity contribution in [1.82, 2.24) is 0 Å². The van der Waals surface area contributed by atoms with Crippen molar-refractivity contribution in [3.05, 3.63) is 119 Å². The summed E-state index contributed by atoms with van der Waals surface area (Å²) in [6.45, 7) is 11.0. The average molecular weight is 367 g/mol. The zero-order valence-corrected chi connectivity index (χ0v) is 17.3. The Bertz CT molecular complexity index is 936. The van der Waals surface area contributed by atoms with Crippen LogP contribution in [0, 0.1) is 0 Å². The molecule has 142 valence electrons. The van der Waals surface area contributed by atoms with Crippen molar-refractivity contribution in [1.29, 1.82) is 0 Å². The first-order valence-corrected chi connectivity index (χ1v) is 10.4. The number of fused-ring (bicyclic) bond motifs is 2. The second-order valence-corrected chi connectivity index (χ2v) is 9.04. The maximum absolute atomic E-state index is 4.16. The largest absolute Gasteiger partial charge is 0.103 e. The summed E-state index contributed by atoms with van der Waals surface area (Å²) in [4.78, 5) is 0. The van der Waals surface area contributed by atoms with E-state index in [4.69, 9.17) is 0 Å². The van der Waals surface area contributed by atoms with Crippen LogP contribution in [0.15, 0.2) is 85.5 Å². The lowest BCUT2D eigenvalue weighted by atomic mass is 9.65. The van der Waals surface area contributed by atoms with Crippen LogP contribution in [-0.2, 0) is 23.7 Å². The maximum atomic E-state index is 4.16. The molecular weight excluding hydrogens is 336 g/mol. The van der Waals surface area contributed by atoms with E-state index in [-0.39, 0.29) is 10.8 Å². The van der Waals surface area contributed by atoms with Gasteiger partial charge in [0.25, 0.3) is 0 Å². The monoisotopic (exact) mass is 366 g/mol. The van der Waals surface area contributed by atoms with Crippen molar-refractivity contribution >= 4 is 0 Å². The highest BCUT2D eigenvalue weighted by molar-refractivity contribution is 5.58. The van der Waals surface area contributed by atoms with Crippen LogP contribution >= 0.6 is 0 Å². The minimum Gasteiger partial charge on any atom is -0.103 e. The fourth-order valence-electron chi connectivity index (χ4n) is 4.84. The lowest BCUT2D eigenvalue weighted by Crippen LogP contribution is -2.30. The Morgan fingerprint density at radius 3 is 1.75 bits per heavy atom. The van der Waals surface area contributed by atoms with Gasteiger partial charge in [-0.15, -0.1) is 6.58 Å². The molecule has 0 fully saturated rings. The Hall–Kier alpha value is -2.60. The third-order valence-corrected chi connectivity index (χ3v) is 6.31. The third kappa shape index (κ3) is 3.02. The molecule has 0 amide bonds. The van der Waals surface area contributed by atoms with Gasteiger partial charge in [0.05, 0.1) is 0 Å². The quantitative estimate of drug-likeness (QED) is 0.438. The molecule has 0 saturated heterocycles. The standard InChI is InChI=1S/C28H30/c1-5-20-28(24-18-16-23(17-19-24)27(2,3)4)25-12-8-6-10-21(25)14-15-22-11-7-9-13-26(22)28/h5-13,16-19H,1,14-15,20H2,2-4H3. The van der Waals surface area contributed by atoms with Crippen LogP contribution in [-0.4, -0.2) is 0 Å². The predicted octanol–water partition coefficient (Wildman–Crippen LogP) is 6.99. The van der Waals surface area contributed by atoms with E-state index in [0.29, 0.717) is 0 Å². The molecule has 1 aliphatic rings. The summed E-state index contributed by atoms with van der Waals surface area (Å²) in [6.07, 6.45) is 5.17. The van der Waals surface area contributed by atoms with Gasteiger partial charge in [-0.05, 0) is 58.1 Å². The fourth-order valence-corrected chi connectivity index (χ4v) is 4.84. The number of allylic oxidation sites excluding steroid dienone is 1. The molecule has 0 nitrogen and oxygen atoms in total. The van der Waals surface area contributed by atoms with Crippen molar-refractivity contribution in [3.8, 4) is 0 Å². The second-order valence-electron chi connectivity index (χ2n) is 9.04. The molecule has 4 rings (SSSR count). The zero-order valence-electron chi connectivity index (χ0n) is 17.3. The van der Waals surface area contributed by atoms with Crippen LogP contribution in [0.2, 0.25) is 0 Å². The first kappa shape index (κ1) is 18.7. The van der Waals surface area contributed by atoms with E-state index in [0.717, 1.165) is 19.3 Å². The molecule has 0 spiro atoms. The summed E-state index contributed by atoms with van der Waals surface area (Å²) < 4.78 is 0. The third-order valence-electron chi connectivity index (χ3n) is 6.31. The van der Waals surface area contributed by atoms with E-state index in [1.165, 1.54) is 33.4 Å². The van der Waals surface area contributed by atoms with Crippen LogP contribution in [0.4, 0.5) is 0 Å². The van der Waals surface area contributed by atoms with E-state index < -0.39 is 0 Å². The van der Waals surface area contributed by atoms with Crippen molar-refractivity contribution < 1.29 is 0 Å². The molecule has 0 heterocycles. The van der Waals surface area contributed by atoms with Gasteiger partial charge in [-0.25, -0.2) is 0 Å². The Morgan fingerprint density at radius 2 is 1.29 bits per heavy atom. The van der Waals surface area contributed by atoms with Crippen LogP contribution < -0.4 is 0 Å². The summed E-state index contributed by atoms with van der Waals surface area (Å²) in [5, 5.41) is 0. The van der Waals surface area contributed by atoms with Gasteiger partial charge < -0.3 is 0 Å². The molecule has 0 N–H and O–H groups in total. The van der Waals surface area contributed by atoms with Crippen molar-refractivity contribution in [2.75, 3.05) is 0 Å². The fraction of sp³-hybridized carbons (Fsp3) is 0.286. The van der Waals surface area contributed by atoms with Gasteiger partial charge in [0.2, 0.25) is 0 Å². The normalized spacial score (nSPS) is 15.2. The number of benzene rings is 3. The van der Waals surface area contributed by atoms with E-state index in [9.17, 15) is 0 Å². The smallest absolute Gasteiger partial charge is 0.0490 e. The zero-order chi connectivity index (χ0) is 19.8. The van der Waals surface area contributed by atoms with Gasteiger partial charge in [-0.3, -0.25) is 0 Å². The van der Waals surface area contributed by atoms with Gasteiger partial charge in [0.15, 0.2) is 0 Å². The lowest BCUT2D eigenvalue weighted by molar-refractivity contribution is 0.586. The molecule has 0 atom stereocenters. The molecule has 0 heteroatoms. The summed E-state index contributed by atoms with van der Waals surface area (Å²) in [6, 6.07) is 27.3. The first-order chi connectivity index (χ1) is 13.5. The molecule has 0 bridgehead atoms. The SMILES string of the molecule is C=CCC1(c2ccc(C(C)(C)C)cc2)c2ccccc2CCc2ccccc21. The number of aryl methyl sites for hydroxylation is 2. The topological polar surface area (TPSA) is 0 Å². The average Bonchev–Trinajstić information content (AvgIpc) is 2.84. The highest BCUT2D eigenvalue weighted by atomic mass is 14.4. The second kappa shape index (κ2) is 7.09. The highest BCUT2D eigenvalue weighted by Gasteiger charge is 2.39. The van der Waals surface area contributed by atoms with E-state index in [1.54, 1.807) is 0 Å². The van der Waals surface area contributed by atoms with E-state index in [2.05, 4.69) is 106 Å². The first-order valence-electron chi connectivity index (χ1n) is 10.4. The van der Waals surface area contributed by atoms with Crippen molar-refractivity contribution in [2.24, 2.45) is 0 Å². The molecule has 1 aliphatic carbocycles. The van der Waals surface area contributed by atoms with Crippen LogP contribution in [0.25, 0.3) is 0 Å². The van der Waals surface area contributed by atoms with Crippen molar-refractivity contribution in [3.63, 3.8) is 0 Å². The Labute approximate surface area is 169 Å². The molecule has 0 aromatic heterocycles. The Kier molecular flexibility index (Phi) is 4.75. The Morgan fingerprint density at radius 1 is 0.786 bits per heavy atom. The minimum absolute atomic E-state index is 0.156. The van der Waals surface area contributed by atoms with Crippen LogP contribution in [0.1, 0.15) is 60.6 Å². The van der Waals surface area contributed by atoms with Gasteiger partial charge >= 0.3 is 0 Å². The molecule has 3 aromatic carbocycles. The number of rotatable bonds is 3. The Balaban J connectivity index is 2.03. The van der Waals surface area contributed by atoms with Gasteiger partial charge in [-0.2, -0.15) is 0 Å². The summed E-state index contributed by atoms with van der Waals surface area (Å²) in [5.41, 5.74) is 8.50. The maximum Gasteiger partial charge on any atom is 0.0490 e. The number of hydrogen-bond donors (Lipinski definition) is 0. The highest BCUT2D eigenvalue weighted by Crippen LogP contribution is 2.47. The molecule has 0 aliphatic heterocycles. The summed E-state index contributed by atoms with van der Waals surface area (Å²) >= 11 is 0. The molecule has 3 aromatic rings. The van der Waals surface area contributed by atoms with Gasteiger partial charge in [0, 0.05) is 5.41 Å². The molecule has 0 unspecified atom stereocenters. The van der Waals surface area contributed by atoms with E-state index >= 15 is 0 Å². The lowest BCUT2D eigenvalue weighted by Gasteiger charge is -2.37. The summed E-state index contributed by atoms with van der Waals surface area (Å²) in [7, 11) is 0. The van der Waals surface area contributed by atoms with Gasteiger partial charge in [0.1, 0.15) is 0 Å². The summed E-state index contributed by atoms with van der Waals surface area (Å²) in [5.74, 6) is 0. The van der Waals surface area contributed by atoms with Crippen LogP contribution in [0.5, 0.6) is 0 Å². The molecule has 28 heavy (non-hydrogen) atoms. The van der Waals surface area contributed by atoms with E-state index in [1.807, 2.05) is 0 Å². The molecule has 0 saturated carbocycles.